The Hall–Kier alpha value is -1.81. The minimum atomic E-state index is -3.80. The van der Waals surface area contributed by atoms with E-state index in [0.29, 0.717) is 28.1 Å². The number of nitrogens with one attached hydrogen (secondary N) is 1. The Morgan fingerprint density at radius 1 is 1.35 bits per heavy atom. The molecule has 3 aromatic rings. The molecule has 0 saturated heterocycles. The fourth-order valence-corrected chi connectivity index (χ4v) is 4.16. The number of benzene rings is 1. The van der Waals surface area contributed by atoms with Gasteiger partial charge in [-0.1, -0.05) is 6.07 Å². The van der Waals surface area contributed by atoms with Crippen LogP contribution in [0.25, 0.3) is 11.0 Å². The molecule has 1 aromatic carbocycles. The van der Waals surface area contributed by atoms with Crippen molar-refractivity contribution < 1.29 is 17.9 Å². The molecule has 23 heavy (non-hydrogen) atoms. The van der Waals surface area contributed by atoms with E-state index in [4.69, 9.17) is 4.42 Å². The standard InChI is InChI=1S/C14H15N3O4S2/c1-8-6-10(9(2)21-8)12(18)7-15-23(19,20)13-5-3-4-11-14(13)17-22-16-11/h3-6,12,15,18H,7H2,1-2H3. The first kappa shape index (κ1) is 16.1. The summed E-state index contributed by atoms with van der Waals surface area (Å²) in [6.45, 7) is 3.33. The third-order valence-electron chi connectivity index (χ3n) is 3.44. The van der Waals surface area contributed by atoms with Crippen LogP contribution in [0, 0.1) is 13.8 Å². The van der Waals surface area contributed by atoms with Gasteiger partial charge in [-0.15, -0.1) is 0 Å². The van der Waals surface area contributed by atoms with E-state index in [2.05, 4.69) is 13.5 Å². The molecular formula is C14H15N3O4S2. The molecule has 0 radical (unpaired) electrons. The molecule has 0 aliphatic rings. The van der Waals surface area contributed by atoms with Crippen LogP contribution in [0.2, 0.25) is 0 Å². The highest BCUT2D eigenvalue weighted by molar-refractivity contribution is 7.89. The van der Waals surface area contributed by atoms with Gasteiger partial charge in [0.2, 0.25) is 10.0 Å². The maximum absolute atomic E-state index is 12.5. The zero-order valence-electron chi connectivity index (χ0n) is 12.5. The van der Waals surface area contributed by atoms with Crippen molar-refractivity contribution in [1.82, 2.24) is 13.5 Å². The SMILES string of the molecule is Cc1cc(C(O)CNS(=O)(=O)c2cccc3nsnc23)c(C)o1. The number of rotatable bonds is 5. The van der Waals surface area contributed by atoms with Gasteiger partial charge in [0.15, 0.2) is 0 Å². The molecule has 0 aliphatic carbocycles. The summed E-state index contributed by atoms with van der Waals surface area (Å²) in [5, 5.41) is 10.2. The third kappa shape index (κ3) is 3.13. The smallest absolute Gasteiger partial charge is 0.242 e. The van der Waals surface area contributed by atoms with Gasteiger partial charge >= 0.3 is 0 Å². The molecule has 0 aliphatic heterocycles. The van der Waals surface area contributed by atoms with Crippen LogP contribution < -0.4 is 4.72 Å². The average Bonchev–Trinajstić information content (AvgIpc) is 3.10. The third-order valence-corrected chi connectivity index (χ3v) is 5.44. The molecule has 3 rings (SSSR count). The van der Waals surface area contributed by atoms with E-state index < -0.39 is 16.1 Å². The minimum absolute atomic E-state index is 0.0519. The number of aryl methyl sites for hydroxylation is 2. The van der Waals surface area contributed by atoms with Crippen LogP contribution in [0.3, 0.4) is 0 Å². The Bertz CT molecular complexity index is 946. The molecule has 1 atom stereocenters. The summed E-state index contributed by atoms with van der Waals surface area (Å²) < 4.78 is 40.7. The number of hydrogen-bond donors (Lipinski definition) is 2. The minimum Gasteiger partial charge on any atom is -0.466 e. The molecule has 2 aromatic heterocycles. The van der Waals surface area contributed by atoms with Crippen LogP contribution in [-0.2, 0) is 10.0 Å². The van der Waals surface area contributed by atoms with Crippen molar-refractivity contribution in [2.45, 2.75) is 24.8 Å². The van der Waals surface area contributed by atoms with Crippen LogP contribution in [0.4, 0.5) is 0 Å². The Morgan fingerprint density at radius 2 is 2.13 bits per heavy atom. The molecule has 9 heteroatoms. The maximum Gasteiger partial charge on any atom is 0.242 e. The van der Waals surface area contributed by atoms with E-state index in [1.54, 1.807) is 32.0 Å². The number of aromatic nitrogens is 2. The Kier molecular flexibility index (Phi) is 4.19. The van der Waals surface area contributed by atoms with Gasteiger partial charge in [0.1, 0.15) is 27.4 Å². The molecule has 1 unspecified atom stereocenters. The highest BCUT2D eigenvalue weighted by Gasteiger charge is 2.22. The second kappa shape index (κ2) is 6.00. The van der Waals surface area contributed by atoms with Gasteiger partial charge in [-0.2, -0.15) is 8.75 Å². The molecular weight excluding hydrogens is 338 g/mol. The summed E-state index contributed by atoms with van der Waals surface area (Å²) in [5.41, 5.74) is 1.42. The number of furan rings is 1. The Morgan fingerprint density at radius 3 is 2.83 bits per heavy atom. The molecule has 2 heterocycles. The fraction of sp³-hybridized carbons (Fsp3) is 0.286. The highest BCUT2D eigenvalue weighted by Crippen LogP contribution is 2.23. The van der Waals surface area contributed by atoms with E-state index in [0.717, 1.165) is 11.7 Å². The van der Waals surface area contributed by atoms with E-state index in [-0.39, 0.29) is 11.4 Å². The lowest BCUT2D eigenvalue weighted by Crippen LogP contribution is -2.28. The molecule has 7 nitrogen and oxygen atoms in total. The summed E-state index contributed by atoms with van der Waals surface area (Å²) in [5.74, 6) is 1.23. The normalized spacial score (nSPS) is 13.5. The van der Waals surface area contributed by atoms with Crippen molar-refractivity contribution in [2.75, 3.05) is 6.54 Å². The summed E-state index contributed by atoms with van der Waals surface area (Å²) in [4.78, 5) is 0.0519. The second-order valence-corrected chi connectivity index (χ2v) is 7.39. The topological polar surface area (TPSA) is 105 Å². The van der Waals surface area contributed by atoms with Gasteiger partial charge in [-0.3, -0.25) is 0 Å². The Labute approximate surface area is 137 Å². The van der Waals surface area contributed by atoms with Crippen LogP contribution in [0.5, 0.6) is 0 Å². The maximum atomic E-state index is 12.5. The second-order valence-electron chi connectivity index (χ2n) is 5.12. The summed E-state index contributed by atoms with van der Waals surface area (Å²) >= 11 is 0.955. The number of hydrogen-bond acceptors (Lipinski definition) is 7. The quantitative estimate of drug-likeness (QED) is 0.726. The van der Waals surface area contributed by atoms with Crippen LogP contribution in [0.15, 0.2) is 33.6 Å². The van der Waals surface area contributed by atoms with Gasteiger partial charge in [0, 0.05) is 12.1 Å². The highest BCUT2D eigenvalue weighted by atomic mass is 32.2. The first-order chi connectivity index (χ1) is 10.9. The molecule has 0 bridgehead atoms. The summed E-state index contributed by atoms with van der Waals surface area (Å²) in [7, 11) is -3.80. The molecule has 0 spiro atoms. The van der Waals surface area contributed by atoms with Gasteiger partial charge in [-0.05, 0) is 32.0 Å². The van der Waals surface area contributed by atoms with Gasteiger partial charge in [0.25, 0.3) is 0 Å². The lowest BCUT2D eigenvalue weighted by atomic mass is 10.1. The van der Waals surface area contributed by atoms with E-state index in [9.17, 15) is 13.5 Å². The van der Waals surface area contributed by atoms with Crippen LogP contribution >= 0.6 is 11.7 Å². The van der Waals surface area contributed by atoms with Gasteiger partial charge in [0.05, 0.1) is 17.8 Å². The Balaban J connectivity index is 1.82. The zero-order chi connectivity index (χ0) is 16.6. The van der Waals surface area contributed by atoms with Gasteiger partial charge < -0.3 is 9.52 Å². The lowest BCUT2D eigenvalue weighted by molar-refractivity contribution is 0.180. The largest absolute Gasteiger partial charge is 0.466 e. The molecule has 2 N–H and O–H groups in total. The van der Waals surface area contributed by atoms with Crippen molar-refractivity contribution in [1.29, 1.82) is 0 Å². The fourth-order valence-electron chi connectivity index (χ4n) is 2.36. The average molecular weight is 353 g/mol. The van der Waals surface area contributed by atoms with Gasteiger partial charge in [-0.25, -0.2) is 13.1 Å². The molecule has 122 valence electrons. The van der Waals surface area contributed by atoms with E-state index in [1.165, 1.54) is 6.07 Å². The van der Waals surface area contributed by atoms with Crippen LogP contribution in [0.1, 0.15) is 23.2 Å². The number of fused-ring (bicyclic) bond motifs is 1. The molecule has 0 fully saturated rings. The molecule has 0 amide bonds. The number of aliphatic hydroxyl groups excluding tert-OH is 1. The molecule has 0 saturated carbocycles. The van der Waals surface area contributed by atoms with Crippen molar-refractivity contribution in [3.05, 3.63) is 41.3 Å². The number of nitrogens with zero attached hydrogens (tertiary/aromatic N) is 2. The predicted molar refractivity (Wildman–Crippen MR) is 85.7 cm³/mol. The van der Waals surface area contributed by atoms with Crippen molar-refractivity contribution in [2.24, 2.45) is 0 Å². The predicted octanol–water partition coefficient (Wildman–Crippen LogP) is 1.91. The first-order valence-corrected chi connectivity index (χ1v) is 9.06. The lowest BCUT2D eigenvalue weighted by Gasteiger charge is -2.12. The van der Waals surface area contributed by atoms with Crippen LogP contribution in [-0.4, -0.2) is 28.8 Å². The monoisotopic (exact) mass is 353 g/mol. The van der Waals surface area contributed by atoms with Crippen molar-refractivity contribution >= 4 is 32.8 Å². The van der Waals surface area contributed by atoms with E-state index in [1.807, 2.05) is 0 Å². The van der Waals surface area contributed by atoms with Crippen molar-refractivity contribution in [3.8, 4) is 0 Å². The van der Waals surface area contributed by atoms with E-state index >= 15 is 0 Å². The summed E-state index contributed by atoms with van der Waals surface area (Å²) in [6, 6.07) is 6.47. The number of aliphatic hydroxyl groups is 1. The number of sulfonamides is 1. The van der Waals surface area contributed by atoms with Crippen molar-refractivity contribution in [3.63, 3.8) is 0 Å². The zero-order valence-corrected chi connectivity index (χ0v) is 14.1. The first-order valence-electron chi connectivity index (χ1n) is 6.84. The summed E-state index contributed by atoms with van der Waals surface area (Å²) in [6.07, 6.45) is -0.991.